The van der Waals surface area contributed by atoms with E-state index in [1.54, 1.807) is 6.08 Å². The van der Waals surface area contributed by atoms with Crippen molar-refractivity contribution >= 4 is 35.1 Å². The van der Waals surface area contributed by atoms with Crippen LogP contribution in [0.2, 0.25) is 0 Å². The Morgan fingerprint density at radius 2 is 1.23 bits per heavy atom. The molecular weight excluding hydrogens is 455 g/mol. The van der Waals surface area contributed by atoms with Crippen LogP contribution in [0.3, 0.4) is 0 Å². The summed E-state index contributed by atoms with van der Waals surface area (Å²) in [5.74, 6) is -0.727. The van der Waals surface area contributed by atoms with E-state index in [2.05, 4.69) is 47.3 Å². The average Bonchev–Trinajstić information content (AvgIpc) is 2.93. The Bertz CT molecular complexity index is 1040. The molecule has 0 amide bonds. The summed E-state index contributed by atoms with van der Waals surface area (Å²) >= 11 is 0. The number of rotatable bonds is 11. The molecule has 0 saturated carbocycles. The van der Waals surface area contributed by atoms with E-state index in [1.807, 2.05) is 60.7 Å². The highest BCUT2D eigenvalue weighted by atomic mass is 31.2. The van der Waals surface area contributed by atoms with Crippen LogP contribution in [-0.2, 0) is 19.1 Å². The Kier molecular flexibility index (Phi) is 9.89. The highest BCUT2D eigenvalue weighted by molar-refractivity contribution is 7.97. The van der Waals surface area contributed by atoms with Gasteiger partial charge in [0.1, 0.15) is 0 Å². The lowest BCUT2D eigenvalue weighted by Crippen LogP contribution is -2.32. The van der Waals surface area contributed by atoms with Crippen LogP contribution in [0.4, 0.5) is 0 Å². The Balaban J connectivity index is 2.04. The number of hydrogen-bond acceptors (Lipinski definition) is 4. The first kappa shape index (κ1) is 26.0. The second-order valence-electron chi connectivity index (χ2n) is 7.87. The average molecular weight is 487 g/mol. The summed E-state index contributed by atoms with van der Waals surface area (Å²) in [6, 6.07) is 31.1. The number of carbonyl (C=O) groups excluding carboxylic acids is 2. The van der Waals surface area contributed by atoms with Gasteiger partial charge in [0.05, 0.1) is 37.4 Å². The molecule has 3 aromatic carbocycles. The topological polar surface area (TPSA) is 52.6 Å². The molecule has 0 heterocycles. The van der Waals surface area contributed by atoms with Gasteiger partial charge in [-0.1, -0.05) is 79.1 Å². The molecule has 5 heteroatoms. The smallest absolute Gasteiger partial charge is 0.330 e. The summed E-state index contributed by atoms with van der Waals surface area (Å²) in [7, 11) is 0.446. The van der Waals surface area contributed by atoms with E-state index in [1.165, 1.54) is 20.3 Å². The molecule has 0 bridgehead atoms. The molecule has 0 aliphatic heterocycles. The normalized spacial score (nSPS) is 11.8. The molecule has 35 heavy (non-hydrogen) atoms. The minimum absolute atomic E-state index is 0.359. The first-order valence-corrected chi connectivity index (χ1v) is 13.4. The fourth-order valence-electron chi connectivity index (χ4n) is 3.92. The lowest BCUT2D eigenvalue weighted by Gasteiger charge is -2.32. The van der Waals surface area contributed by atoms with E-state index in [9.17, 15) is 9.59 Å². The number of methoxy groups -OCH3 is 2. The van der Waals surface area contributed by atoms with E-state index < -0.39 is 7.26 Å². The Labute approximate surface area is 208 Å². The molecule has 4 nitrogen and oxygen atoms in total. The molecule has 0 unspecified atom stereocenters. The van der Waals surface area contributed by atoms with Gasteiger partial charge in [0.2, 0.25) is 5.97 Å². The highest BCUT2D eigenvalue weighted by Gasteiger charge is 2.43. The van der Waals surface area contributed by atoms with Crippen LogP contribution in [0.5, 0.6) is 0 Å². The molecule has 3 aromatic rings. The van der Waals surface area contributed by atoms with Crippen molar-refractivity contribution in [3.8, 4) is 0 Å². The van der Waals surface area contributed by atoms with E-state index in [-0.39, 0.29) is 11.9 Å². The van der Waals surface area contributed by atoms with Crippen LogP contribution in [0.1, 0.15) is 19.3 Å². The summed E-state index contributed by atoms with van der Waals surface area (Å²) in [5.41, 5.74) is 0.550. The third kappa shape index (κ3) is 6.71. The molecule has 0 atom stereocenters. The fourth-order valence-corrected chi connectivity index (χ4v) is 7.81. The molecule has 0 aliphatic carbocycles. The molecule has 0 radical (unpaired) electrons. The second-order valence-corrected chi connectivity index (χ2v) is 11.1. The predicted octanol–water partition coefficient (Wildman–Crippen LogP) is 5.14. The largest absolute Gasteiger partial charge is 0.523 e. The van der Waals surface area contributed by atoms with E-state index in [0.29, 0.717) is 18.4 Å². The first-order valence-electron chi connectivity index (χ1n) is 11.6. The van der Waals surface area contributed by atoms with Crippen LogP contribution < -0.4 is 15.9 Å². The molecule has 0 N–H and O–H groups in total. The summed E-state index contributed by atoms with van der Waals surface area (Å²) in [5, 5.41) is 3.48. The minimum Gasteiger partial charge on any atom is -0.523 e. The van der Waals surface area contributed by atoms with Gasteiger partial charge in [-0.15, -0.1) is 0 Å². The van der Waals surface area contributed by atoms with E-state index >= 15 is 0 Å². The molecule has 3 rings (SSSR count). The fraction of sp³-hybridized carbons (Fsp3) is 0.167. The maximum absolute atomic E-state index is 13.0. The molecule has 0 spiro atoms. The van der Waals surface area contributed by atoms with Crippen molar-refractivity contribution < 1.29 is 19.1 Å². The molecule has 0 fully saturated rings. The zero-order valence-electron chi connectivity index (χ0n) is 20.2. The van der Waals surface area contributed by atoms with Gasteiger partial charge < -0.3 is 14.3 Å². The van der Waals surface area contributed by atoms with Crippen molar-refractivity contribution in [3.63, 3.8) is 0 Å². The van der Waals surface area contributed by atoms with Gasteiger partial charge in [-0.05, 0) is 49.0 Å². The van der Waals surface area contributed by atoms with Crippen molar-refractivity contribution in [3.05, 3.63) is 121 Å². The molecule has 0 aliphatic rings. The highest BCUT2D eigenvalue weighted by Crippen LogP contribution is 2.60. The van der Waals surface area contributed by atoms with Crippen LogP contribution in [0.25, 0.3) is 0 Å². The van der Waals surface area contributed by atoms with E-state index in [0.717, 1.165) is 22.3 Å². The van der Waals surface area contributed by atoms with Gasteiger partial charge in [0.15, 0.2) is 0 Å². The maximum Gasteiger partial charge on any atom is 0.330 e. The first-order chi connectivity index (χ1) is 17.1. The van der Waals surface area contributed by atoms with Crippen molar-refractivity contribution in [1.29, 1.82) is 0 Å². The van der Waals surface area contributed by atoms with Crippen molar-refractivity contribution in [2.75, 3.05) is 14.2 Å². The van der Waals surface area contributed by atoms with Crippen LogP contribution >= 0.6 is 7.26 Å². The number of esters is 2. The third-order valence-corrected chi connectivity index (χ3v) is 9.64. The summed E-state index contributed by atoms with van der Waals surface area (Å²) < 4.78 is 9.82. The van der Waals surface area contributed by atoms with Gasteiger partial charge >= 0.3 is 5.97 Å². The van der Waals surface area contributed by atoms with Gasteiger partial charge in [-0.2, -0.15) is 6.08 Å². The second kappa shape index (κ2) is 13.3. The summed E-state index contributed by atoms with van der Waals surface area (Å²) in [4.78, 5) is 24.2. The monoisotopic (exact) mass is 486 g/mol. The molecule has 180 valence electrons. The number of ether oxygens (including phenoxy) is 2. The molecule has 0 aromatic heterocycles. The van der Waals surface area contributed by atoms with Gasteiger partial charge in [0, 0.05) is 6.08 Å². The van der Waals surface area contributed by atoms with Gasteiger partial charge in [-0.3, -0.25) is 0 Å². The maximum atomic E-state index is 13.0. The molecule has 0 saturated heterocycles. The van der Waals surface area contributed by atoms with Crippen molar-refractivity contribution in [1.82, 2.24) is 0 Å². The number of unbranched alkanes of at least 4 members (excludes halogenated alkanes) is 2. The minimum atomic E-state index is -2.32. The number of hydrogen-bond donors (Lipinski definition) is 0. The Hall–Kier alpha value is -3.62. The SMILES string of the molecule is COC(=O)/C=C/CCC/C=C(\[CH-][P+](c1ccccc1)(c1ccccc1)c1ccccc1)C(=O)OC. The van der Waals surface area contributed by atoms with Crippen molar-refractivity contribution in [2.45, 2.75) is 19.3 Å². The number of benzene rings is 3. The van der Waals surface area contributed by atoms with Gasteiger partial charge in [0.25, 0.3) is 0 Å². The quantitative estimate of drug-likeness (QED) is 0.124. The Morgan fingerprint density at radius 3 is 1.66 bits per heavy atom. The zero-order chi connectivity index (χ0) is 24.9. The van der Waals surface area contributed by atoms with Crippen molar-refractivity contribution in [2.24, 2.45) is 0 Å². The standard InChI is InChI=1S/C30H31O4P/c1-33-29(31)23-15-4-3-8-16-25(30(32)34-2)24-35(26-17-9-5-10-18-26,27-19-11-6-12-20-27)28-21-13-7-14-22-28/h5-7,9-24H,3-4,8H2,1-2H3/b23-15+,25-16+. The van der Waals surface area contributed by atoms with Gasteiger partial charge in [-0.25, -0.2) is 4.79 Å². The van der Waals surface area contributed by atoms with Crippen LogP contribution in [0.15, 0.2) is 115 Å². The predicted molar refractivity (Wildman–Crippen MR) is 145 cm³/mol. The number of carbonyl (C=O) groups is 2. The zero-order valence-corrected chi connectivity index (χ0v) is 21.1. The third-order valence-electron chi connectivity index (χ3n) is 5.64. The van der Waals surface area contributed by atoms with Crippen LogP contribution in [-0.4, -0.2) is 26.2 Å². The van der Waals surface area contributed by atoms with E-state index in [4.69, 9.17) is 4.74 Å². The Morgan fingerprint density at radius 1 is 0.743 bits per heavy atom. The van der Waals surface area contributed by atoms with Crippen LogP contribution in [0, 0.1) is 6.16 Å². The lowest BCUT2D eigenvalue weighted by atomic mass is 10.1. The number of allylic oxidation sites excluding steroid dienone is 2. The molecular formula is C30H31O4P. The summed E-state index contributed by atoms with van der Waals surface area (Å²) in [6.07, 6.45) is 9.45. The summed E-state index contributed by atoms with van der Waals surface area (Å²) in [6.45, 7) is 0. The lowest BCUT2D eigenvalue weighted by molar-refractivity contribution is -0.136.